The molecule has 0 aliphatic heterocycles. The maximum atomic E-state index is 4.65. The Morgan fingerprint density at radius 1 is 1.11 bits per heavy atom. The fourth-order valence-electron chi connectivity index (χ4n) is 2.60. The van der Waals surface area contributed by atoms with Crippen molar-refractivity contribution in [3.05, 3.63) is 41.7 Å². The highest BCUT2D eigenvalue weighted by atomic mass is 32.2. The molecular formula is C15H19N3S. The van der Waals surface area contributed by atoms with Crippen LogP contribution in [0, 0.1) is 0 Å². The zero-order chi connectivity index (χ0) is 12.9. The summed E-state index contributed by atoms with van der Waals surface area (Å²) in [5.41, 5.74) is 1.32. The molecule has 1 fully saturated rings. The number of hydrogen-bond acceptors (Lipinski definition) is 3. The minimum absolute atomic E-state index is 0.604. The summed E-state index contributed by atoms with van der Waals surface area (Å²) in [4.78, 5) is 4.65. The van der Waals surface area contributed by atoms with E-state index in [1.807, 2.05) is 6.07 Å². The van der Waals surface area contributed by atoms with Gasteiger partial charge in [0, 0.05) is 11.7 Å². The van der Waals surface area contributed by atoms with Crippen molar-refractivity contribution in [2.24, 2.45) is 0 Å². The van der Waals surface area contributed by atoms with E-state index < -0.39 is 0 Å². The fourth-order valence-corrected chi connectivity index (χ4v) is 3.36. The van der Waals surface area contributed by atoms with Gasteiger partial charge in [-0.2, -0.15) is 0 Å². The molecule has 19 heavy (non-hydrogen) atoms. The highest BCUT2D eigenvalue weighted by molar-refractivity contribution is 7.98. The molecule has 3 nitrogen and oxygen atoms in total. The Balaban J connectivity index is 1.58. The predicted molar refractivity (Wildman–Crippen MR) is 78.2 cm³/mol. The molecule has 1 aliphatic rings. The van der Waals surface area contributed by atoms with Gasteiger partial charge in [-0.25, -0.2) is 4.98 Å². The van der Waals surface area contributed by atoms with Crippen LogP contribution in [0.15, 0.2) is 35.5 Å². The van der Waals surface area contributed by atoms with Crippen molar-refractivity contribution in [3.63, 3.8) is 0 Å². The van der Waals surface area contributed by atoms with Crippen LogP contribution in [0.5, 0.6) is 0 Å². The lowest BCUT2D eigenvalue weighted by atomic mass is 9.89. The third kappa shape index (κ3) is 3.38. The molecule has 2 aromatic rings. The summed E-state index contributed by atoms with van der Waals surface area (Å²) >= 11 is 1.70. The largest absolute Gasteiger partial charge is 0.262 e. The fraction of sp³-hybridized carbons (Fsp3) is 0.467. The van der Waals surface area contributed by atoms with E-state index in [9.17, 15) is 0 Å². The minimum Gasteiger partial charge on any atom is -0.262 e. The van der Waals surface area contributed by atoms with Gasteiger partial charge >= 0.3 is 0 Å². The topological polar surface area (TPSA) is 41.6 Å². The van der Waals surface area contributed by atoms with Crippen LogP contribution in [0.1, 0.15) is 49.4 Å². The van der Waals surface area contributed by atoms with Crippen LogP contribution in [0.25, 0.3) is 0 Å². The summed E-state index contributed by atoms with van der Waals surface area (Å²) in [5, 5.41) is 8.34. The maximum Gasteiger partial charge on any atom is 0.208 e. The number of thioether (sulfide) groups is 1. The maximum absolute atomic E-state index is 4.65. The second kappa shape index (κ2) is 6.24. The van der Waals surface area contributed by atoms with E-state index in [0.717, 1.165) is 16.7 Å². The van der Waals surface area contributed by atoms with Gasteiger partial charge in [0.05, 0.1) is 0 Å². The number of aromatic amines is 1. The zero-order valence-corrected chi connectivity index (χ0v) is 11.8. The molecule has 1 aliphatic carbocycles. The molecular weight excluding hydrogens is 254 g/mol. The molecule has 0 saturated heterocycles. The zero-order valence-electron chi connectivity index (χ0n) is 11.0. The Hall–Kier alpha value is -1.29. The van der Waals surface area contributed by atoms with Crippen molar-refractivity contribution in [3.8, 4) is 0 Å². The van der Waals surface area contributed by atoms with Crippen molar-refractivity contribution >= 4 is 11.8 Å². The van der Waals surface area contributed by atoms with E-state index in [0.29, 0.717) is 5.92 Å². The summed E-state index contributed by atoms with van der Waals surface area (Å²) in [6.07, 6.45) is 6.56. The SMILES string of the molecule is c1ccc(CSc2n[nH]c(C3CCCCC3)n2)cc1. The summed E-state index contributed by atoms with van der Waals surface area (Å²) in [5.74, 6) is 2.63. The molecule has 1 aromatic heterocycles. The molecule has 0 radical (unpaired) electrons. The lowest BCUT2D eigenvalue weighted by molar-refractivity contribution is 0.429. The lowest BCUT2D eigenvalue weighted by Gasteiger charge is -2.18. The molecule has 0 spiro atoms. The number of nitrogens with one attached hydrogen (secondary N) is 1. The van der Waals surface area contributed by atoms with Crippen molar-refractivity contribution in [1.29, 1.82) is 0 Å². The van der Waals surface area contributed by atoms with E-state index in [2.05, 4.69) is 39.4 Å². The molecule has 0 amide bonds. The number of H-pyrrole nitrogens is 1. The highest BCUT2D eigenvalue weighted by Gasteiger charge is 2.19. The first-order valence-electron chi connectivity index (χ1n) is 7.01. The molecule has 1 heterocycles. The van der Waals surface area contributed by atoms with Gasteiger partial charge in [-0.1, -0.05) is 61.4 Å². The molecule has 0 unspecified atom stereocenters. The first-order valence-corrected chi connectivity index (χ1v) is 7.99. The first-order chi connectivity index (χ1) is 9.42. The number of benzene rings is 1. The summed E-state index contributed by atoms with van der Waals surface area (Å²) < 4.78 is 0. The van der Waals surface area contributed by atoms with Crippen LogP contribution < -0.4 is 0 Å². The predicted octanol–water partition coefficient (Wildman–Crippen LogP) is 4.14. The third-order valence-electron chi connectivity index (χ3n) is 3.68. The average Bonchev–Trinajstić information content (AvgIpc) is 2.96. The van der Waals surface area contributed by atoms with E-state index in [1.54, 1.807) is 11.8 Å². The summed E-state index contributed by atoms with van der Waals surface area (Å²) in [6, 6.07) is 10.5. The Bertz CT molecular complexity index is 503. The van der Waals surface area contributed by atoms with Gasteiger partial charge in [-0.05, 0) is 18.4 Å². The molecule has 1 saturated carbocycles. The van der Waals surface area contributed by atoms with Gasteiger partial charge in [-0.15, -0.1) is 5.10 Å². The Morgan fingerprint density at radius 2 is 1.89 bits per heavy atom. The molecule has 4 heteroatoms. The lowest BCUT2D eigenvalue weighted by Crippen LogP contribution is -2.06. The Labute approximate surface area is 118 Å². The van der Waals surface area contributed by atoms with Gasteiger partial charge in [0.2, 0.25) is 5.16 Å². The van der Waals surface area contributed by atoms with Crippen LogP contribution in [-0.4, -0.2) is 15.2 Å². The quantitative estimate of drug-likeness (QED) is 0.851. The van der Waals surface area contributed by atoms with Crippen LogP contribution in [-0.2, 0) is 5.75 Å². The first kappa shape index (κ1) is 12.7. The Morgan fingerprint density at radius 3 is 2.68 bits per heavy atom. The van der Waals surface area contributed by atoms with Gasteiger partial charge in [0.15, 0.2) is 0 Å². The van der Waals surface area contributed by atoms with E-state index >= 15 is 0 Å². The van der Waals surface area contributed by atoms with E-state index in [4.69, 9.17) is 0 Å². The van der Waals surface area contributed by atoms with Crippen LogP contribution in [0.3, 0.4) is 0 Å². The van der Waals surface area contributed by atoms with E-state index in [-0.39, 0.29) is 0 Å². The third-order valence-corrected chi connectivity index (χ3v) is 4.60. The minimum atomic E-state index is 0.604. The molecule has 100 valence electrons. The van der Waals surface area contributed by atoms with Gasteiger partial charge < -0.3 is 0 Å². The Kier molecular flexibility index (Phi) is 4.18. The van der Waals surface area contributed by atoms with Crippen molar-refractivity contribution in [2.45, 2.75) is 48.9 Å². The van der Waals surface area contributed by atoms with Crippen molar-refractivity contribution in [1.82, 2.24) is 15.2 Å². The molecule has 3 rings (SSSR count). The van der Waals surface area contributed by atoms with Crippen LogP contribution >= 0.6 is 11.8 Å². The summed E-state index contributed by atoms with van der Waals surface area (Å²) in [6.45, 7) is 0. The second-order valence-corrected chi connectivity index (χ2v) is 6.05. The smallest absolute Gasteiger partial charge is 0.208 e. The normalized spacial score (nSPS) is 16.6. The van der Waals surface area contributed by atoms with Crippen LogP contribution in [0.2, 0.25) is 0 Å². The number of nitrogens with zero attached hydrogens (tertiary/aromatic N) is 2. The van der Waals surface area contributed by atoms with Gasteiger partial charge in [0.25, 0.3) is 0 Å². The molecule has 0 atom stereocenters. The second-order valence-electron chi connectivity index (χ2n) is 5.11. The average molecular weight is 273 g/mol. The molecule has 0 bridgehead atoms. The number of hydrogen-bond donors (Lipinski definition) is 1. The van der Waals surface area contributed by atoms with Gasteiger partial charge in [0.1, 0.15) is 5.82 Å². The standard InChI is InChI=1S/C15H19N3S/c1-3-7-12(8-4-1)11-19-15-16-14(17-18-15)13-9-5-2-6-10-13/h1,3-4,7-8,13H,2,5-6,9-11H2,(H,16,17,18). The van der Waals surface area contributed by atoms with Crippen LogP contribution in [0.4, 0.5) is 0 Å². The van der Waals surface area contributed by atoms with Crippen molar-refractivity contribution in [2.75, 3.05) is 0 Å². The molecule has 1 aromatic carbocycles. The van der Waals surface area contributed by atoms with Crippen molar-refractivity contribution < 1.29 is 0 Å². The summed E-state index contributed by atoms with van der Waals surface area (Å²) in [7, 11) is 0. The monoisotopic (exact) mass is 273 g/mol. The highest BCUT2D eigenvalue weighted by Crippen LogP contribution is 2.31. The van der Waals surface area contributed by atoms with Gasteiger partial charge in [-0.3, -0.25) is 5.10 Å². The number of aromatic nitrogens is 3. The van der Waals surface area contributed by atoms with E-state index in [1.165, 1.54) is 37.7 Å². The molecule has 1 N–H and O–H groups in total. The number of rotatable bonds is 4.